The minimum atomic E-state index is -4.33. The van der Waals surface area contributed by atoms with E-state index < -0.39 is 11.7 Å². The van der Waals surface area contributed by atoms with Gasteiger partial charge in [0.2, 0.25) is 5.91 Å². The smallest absolute Gasteiger partial charge is 0.338 e. The average molecular weight is 271 g/mol. The molecule has 1 aliphatic rings. The topological polar surface area (TPSA) is 20.3 Å². The maximum atomic E-state index is 12.7. The third kappa shape index (κ3) is 2.91. The van der Waals surface area contributed by atoms with Crippen LogP contribution >= 0.6 is 0 Å². The lowest BCUT2D eigenvalue weighted by molar-refractivity contribution is -0.137. The van der Waals surface area contributed by atoms with Gasteiger partial charge in [-0.3, -0.25) is 4.79 Å². The average Bonchev–Trinajstić information content (AvgIpc) is 2.35. The molecule has 0 saturated heterocycles. The molecule has 0 aromatic heterocycles. The molecule has 1 aliphatic heterocycles. The number of nitrogens with zero attached hydrogens (tertiary/aromatic N) is 1. The van der Waals surface area contributed by atoms with E-state index >= 15 is 0 Å². The van der Waals surface area contributed by atoms with Crippen LogP contribution < -0.4 is 0 Å². The van der Waals surface area contributed by atoms with Gasteiger partial charge in [0.15, 0.2) is 0 Å². The number of hydrogen-bond acceptors (Lipinski definition) is 1. The summed E-state index contributed by atoms with van der Waals surface area (Å²) in [5.74, 6) is -0.143. The summed E-state index contributed by atoms with van der Waals surface area (Å²) in [4.78, 5) is 13.5. The molecule has 1 aromatic carbocycles. The number of rotatable bonds is 1. The van der Waals surface area contributed by atoms with Crippen LogP contribution in [0.1, 0.15) is 30.5 Å². The van der Waals surface area contributed by atoms with Gasteiger partial charge in [0.25, 0.3) is 0 Å². The zero-order chi connectivity index (χ0) is 14.2. The Morgan fingerprint density at radius 1 is 1.26 bits per heavy atom. The van der Waals surface area contributed by atoms with E-state index in [-0.39, 0.29) is 18.4 Å². The summed E-state index contributed by atoms with van der Waals surface area (Å²) in [7, 11) is 0. The molecule has 5 heteroatoms. The molecule has 2 rings (SSSR count). The predicted octanol–water partition coefficient (Wildman–Crippen LogP) is 3.25. The summed E-state index contributed by atoms with van der Waals surface area (Å²) >= 11 is 0. The minimum Gasteiger partial charge on any atom is -0.338 e. The zero-order valence-corrected chi connectivity index (χ0v) is 10.9. The van der Waals surface area contributed by atoms with Crippen LogP contribution in [0.25, 0.3) is 0 Å². The second-order valence-corrected chi connectivity index (χ2v) is 5.15. The summed E-state index contributed by atoms with van der Waals surface area (Å²) < 4.78 is 38.0. The fourth-order valence-corrected chi connectivity index (χ4v) is 2.29. The Hall–Kier alpha value is -1.52. The van der Waals surface area contributed by atoms with Gasteiger partial charge in [-0.15, -0.1) is 0 Å². The highest BCUT2D eigenvalue weighted by Crippen LogP contribution is 2.32. The second kappa shape index (κ2) is 4.87. The summed E-state index contributed by atoms with van der Waals surface area (Å²) in [6.45, 7) is 4.44. The molecule has 1 aromatic rings. The predicted molar refractivity (Wildman–Crippen MR) is 65.4 cm³/mol. The third-order valence-corrected chi connectivity index (χ3v) is 3.35. The lowest BCUT2D eigenvalue weighted by Gasteiger charge is -2.30. The lowest BCUT2D eigenvalue weighted by atomic mass is 9.96. The van der Waals surface area contributed by atoms with Crippen molar-refractivity contribution in [1.82, 2.24) is 4.90 Å². The van der Waals surface area contributed by atoms with Crippen LogP contribution in [0, 0.1) is 5.92 Å². The molecule has 0 N–H and O–H groups in total. The van der Waals surface area contributed by atoms with Gasteiger partial charge >= 0.3 is 6.18 Å². The van der Waals surface area contributed by atoms with E-state index in [0.717, 1.165) is 17.7 Å². The van der Waals surface area contributed by atoms with Gasteiger partial charge in [-0.2, -0.15) is 13.2 Å². The van der Waals surface area contributed by atoms with Crippen molar-refractivity contribution >= 4 is 5.91 Å². The lowest BCUT2D eigenvalue weighted by Crippen LogP contribution is -2.38. The van der Waals surface area contributed by atoms with Gasteiger partial charge in [-0.25, -0.2) is 0 Å². The van der Waals surface area contributed by atoms with Crippen LogP contribution in [-0.2, 0) is 23.9 Å². The summed E-state index contributed by atoms with van der Waals surface area (Å²) in [5, 5.41) is 0. The first-order valence-electron chi connectivity index (χ1n) is 6.27. The third-order valence-electron chi connectivity index (χ3n) is 3.35. The van der Waals surface area contributed by atoms with Gasteiger partial charge in [0.05, 0.1) is 5.56 Å². The standard InChI is InChI=1S/C14H16F3NO/c1-9(2)13(19)18-6-5-10-3-4-12(14(15,16)17)7-11(10)8-18/h3-4,7,9H,5-6,8H2,1-2H3. The maximum absolute atomic E-state index is 12.7. The molecular formula is C14H16F3NO. The molecule has 0 saturated carbocycles. The molecule has 1 amide bonds. The number of hydrogen-bond donors (Lipinski definition) is 0. The van der Waals surface area contributed by atoms with Crippen molar-refractivity contribution in [2.45, 2.75) is 33.0 Å². The molecular weight excluding hydrogens is 255 g/mol. The van der Waals surface area contributed by atoms with E-state index in [9.17, 15) is 18.0 Å². The van der Waals surface area contributed by atoms with E-state index in [0.29, 0.717) is 18.5 Å². The molecule has 0 aliphatic carbocycles. The Balaban J connectivity index is 2.26. The van der Waals surface area contributed by atoms with Crippen molar-refractivity contribution in [2.75, 3.05) is 6.54 Å². The van der Waals surface area contributed by atoms with Crippen LogP contribution in [0.3, 0.4) is 0 Å². The summed E-state index contributed by atoms with van der Waals surface area (Å²) in [6.07, 6.45) is -3.72. The SMILES string of the molecule is CC(C)C(=O)N1CCc2ccc(C(F)(F)F)cc2C1. The van der Waals surface area contributed by atoms with Crippen LogP contribution in [0.5, 0.6) is 0 Å². The highest BCUT2D eigenvalue weighted by Gasteiger charge is 2.32. The molecule has 0 radical (unpaired) electrons. The van der Waals surface area contributed by atoms with E-state index in [1.165, 1.54) is 6.07 Å². The first-order valence-corrected chi connectivity index (χ1v) is 6.27. The summed E-state index contributed by atoms with van der Waals surface area (Å²) in [6, 6.07) is 3.79. The Labute approximate surface area is 110 Å². The van der Waals surface area contributed by atoms with Gasteiger partial charge in [0.1, 0.15) is 0 Å². The molecule has 0 bridgehead atoms. The summed E-state index contributed by atoms with van der Waals surface area (Å²) in [5.41, 5.74) is 0.862. The minimum absolute atomic E-state index is 0.0111. The van der Waals surface area contributed by atoms with Gasteiger partial charge in [0, 0.05) is 19.0 Å². The number of fused-ring (bicyclic) bond motifs is 1. The highest BCUT2D eigenvalue weighted by molar-refractivity contribution is 5.78. The number of halogens is 3. The molecule has 0 fully saturated rings. The van der Waals surface area contributed by atoms with Gasteiger partial charge in [-0.1, -0.05) is 19.9 Å². The number of carbonyl (C=O) groups excluding carboxylic acids is 1. The monoisotopic (exact) mass is 271 g/mol. The molecule has 2 nitrogen and oxygen atoms in total. The van der Waals surface area contributed by atoms with Crippen LogP contribution in [0.4, 0.5) is 13.2 Å². The highest BCUT2D eigenvalue weighted by atomic mass is 19.4. The number of benzene rings is 1. The van der Waals surface area contributed by atoms with E-state index in [1.54, 1.807) is 18.7 Å². The molecule has 1 heterocycles. The first-order chi connectivity index (χ1) is 8.79. The van der Waals surface area contributed by atoms with Crippen molar-refractivity contribution < 1.29 is 18.0 Å². The van der Waals surface area contributed by atoms with Crippen LogP contribution in [0.15, 0.2) is 18.2 Å². The Kier molecular flexibility index (Phi) is 3.56. The number of carbonyl (C=O) groups is 1. The normalized spacial score (nSPS) is 15.6. The van der Waals surface area contributed by atoms with Crippen molar-refractivity contribution in [1.29, 1.82) is 0 Å². The van der Waals surface area contributed by atoms with Crippen molar-refractivity contribution in [2.24, 2.45) is 5.92 Å². The van der Waals surface area contributed by atoms with E-state index in [1.807, 2.05) is 0 Å². The first kappa shape index (κ1) is 13.9. The largest absolute Gasteiger partial charge is 0.416 e. The number of amides is 1. The molecule has 0 atom stereocenters. The quantitative estimate of drug-likeness (QED) is 0.768. The van der Waals surface area contributed by atoms with E-state index in [4.69, 9.17) is 0 Å². The van der Waals surface area contributed by atoms with Crippen molar-refractivity contribution in [3.05, 3.63) is 34.9 Å². The zero-order valence-electron chi connectivity index (χ0n) is 10.9. The molecule has 19 heavy (non-hydrogen) atoms. The Morgan fingerprint density at radius 2 is 1.95 bits per heavy atom. The fourth-order valence-electron chi connectivity index (χ4n) is 2.29. The second-order valence-electron chi connectivity index (χ2n) is 5.15. The molecule has 0 spiro atoms. The Bertz CT molecular complexity index is 494. The fraction of sp³-hybridized carbons (Fsp3) is 0.500. The molecule has 0 unspecified atom stereocenters. The van der Waals surface area contributed by atoms with Crippen LogP contribution in [-0.4, -0.2) is 17.4 Å². The van der Waals surface area contributed by atoms with Crippen molar-refractivity contribution in [3.8, 4) is 0 Å². The number of alkyl halides is 3. The Morgan fingerprint density at radius 3 is 2.53 bits per heavy atom. The molecule has 104 valence electrons. The maximum Gasteiger partial charge on any atom is 0.416 e. The van der Waals surface area contributed by atoms with Gasteiger partial charge in [-0.05, 0) is 29.7 Å². The van der Waals surface area contributed by atoms with Crippen LogP contribution in [0.2, 0.25) is 0 Å². The van der Waals surface area contributed by atoms with E-state index in [2.05, 4.69) is 0 Å². The van der Waals surface area contributed by atoms with Gasteiger partial charge < -0.3 is 4.90 Å². The van der Waals surface area contributed by atoms with Crippen molar-refractivity contribution in [3.63, 3.8) is 0 Å².